The molecule has 166 valence electrons. The molecule has 0 atom stereocenters. The lowest BCUT2D eigenvalue weighted by Gasteiger charge is -2.35. The number of aliphatic carboxylic acids is 2. The van der Waals surface area contributed by atoms with E-state index in [1.807, 2.05) is 47.4 Å². The van der Waals surface area contributed by atoms with Crippen molar-refractivity contribution in [2.45, 2.75) is 13.0 Å². The van der Waals surface area contributed by atoms with Crippen molar-refractivity contribution in [1.29, 1.82) is 0 Å². The van der Waals surface area contributed by atoms with Crippen LogP contribution in [0.4, 0.5) is 0 Å². The molecule has 1 heterocycles. The van der Waals surface area contributed by atoms with E-state index in [0.29, 0.717) is 6.42 Å². The standard InChI is InChI=1S/C20H23BrN2O2.C2H2O4/c1-25-19-8-7-18(21)14-17(19)15-22-9-11-23(12-10-22)20(24)13-16-5-3-2-4-6-16;3-1(4)2(5)6/h2-8,14H,9-13,15H2,1H3;(H,3,4)(H,5,6). The lowest BCUT2D eigenvalue weighted by atomic mass is 10.1. The maximum atomic E-state index is 12.5. The van der Waals surface area contributed by atoms with Gasteiger partial charge in [0.05, 0.1) is 13.5 Å². The van der Waals surface area contributed by atoms with Crippen LogP contribution < -0.4 is 4.74 Å². The van der Waals surface area contributed by atoms with E-state index in [1.54, 1.807) is 7.11 Å². The van der Waals surface area contributed by atoms with Gasteiger partial charge in [0.2, 0.25) is 5.91 Å². The Morgan fingerprint density at radius 3 is 2.13 bits per heavy atom. The van der Waals surface area contributed by atoms with Crippen LogP contribution in [0.25, 0.3) is 0 Å². The Morgan fingerprint density at radius 2 is 1.58 bits per heavy atom. The van der Waals surface area contributed by atoms with Crippen LogP contribution in [-0.4, -0.2) is 71.1 Å². The largest absolute Gasteiger partial charge is 0.496 e. The fraction of sp³-hybridized carbons (Fsp3) is 0.318. The van der Waals surface area contributed by atoms with E-state index < -0.39 is 11.9 Å². The number of halogens is 1. The highest BCUT2D eigenvalue weighted by molar-refractivity contribution is 9.10. The van der Waals surface area contributed by atoms with Crippen molar-refractivity contribution in [1.82, 2.24) is 9.80 Å². The number of carboxylic acid groups (broad SMARTS) is 2. The molecule has 3 rings (SSSR count). The zero-order chi connectivity index (χ0) is 22.8. The van der Waals surface area contributed by atoms with E-state index in [0.717, 1.165) is 48.5 Å². The Kier molecular flexibility index (Phi) is 9.48. The number of carbonyl (C=O) groups excluding carboxylic acids is 1. The summed E-state index contributed by atoms with van der Waals surface area (Å²) in [5.74, 6) is -2.53. The van der Waals surface area contributed by atoms with Gasteiger partial charge in [-0.3, -0.25) is 9.69 Å². The third kappa shape index (κ3) is 8.03. The molecule has 0 bridgehead atoms. The van der Waals surface area contributed by atoms with Crippen LogP contribution in [-0.2, 0) is 27.3 Å². The topological polar surface area (TPSA) is 107 Å². The van der Waals surface area contributed by atoms with Gasteiger partial charge in [-0.1, -0.05) is 46.3 Å². The zero-order valence-corrected chi connectivity index (χ0v) is 18.7. The van der Waals surface area contributed by atoms with Gasteiger partial charge in [0.1, 0.15) is 5.75 Å². The monoisotopic (exact) mass is 492 g/mol. The van der Waals surface area contributed by atoms with Crippen molar-refractivity contribution in [3.63, 3.8) is 0 Å². The van der Waals surface area contributed by atoms with Gasteiger partial charge in [0.15, 0.2) is 0 Å². The van der Waals surface area contributed by atoms with E-state index in [1.165, 1.54) is 5.56 Å². The van der Waals surface area contributed by atoms with Crippen LogP contribution in [0, 0.1) is 0 Å². The number of rotatable bonds is 5. The maximum absolute atomic E-state index is 12.5. The molecule has 1 aliphatic heterocycles. The van der Waals surface area contributed by atoms with Crippen LogP contribution in [0.3, 0.4) is 0 Å². The highest BCUT2D eigenvalue weighted by Crippen LogP contribution is 2.24. The Labute approximate surface area is 189 Å². The number of hydrogen-bond acceptors (Lipinski definition) is 5. The second kappa shape index (κ2) is 12.1. The molecule has 2 aromatic carbocycles. The molecule has 1 aliphatic rings. The number of carboxylic acids is 2. The molecule has 0 spiro atoms. The first kappa shape index (κ1) is 24.4. The van der Waals surface area contributed by atoms with Gasteiger partial charge < -0.3 is 19.8 Å². The van der Waals surface area contributed by atoms with Crippen molar-refractivity contribution in [2.24, 2.45) is 0 Å². The minimum atomic E-state index is -1.82. The molecule has 0 unspecified atom stereocenters. The Morgan fingerprint density at radius 1 is 0.968 bits per heavy atom. The van der Waals surface area contributed by atoms with Crippen LogP contribution in [0.1, 0.15) is 11.1 Å². The number of carbonyl (C=O) groups is 3. The second-order valence-corrected chi connectivity index (χ2v) is 7.80. The highest BCUT2D eigenvalue weighted by Gasteiger charge is 2.22. The van der Waals surface area contributed by atoms with E-state index in [9.17, 15) is 4.79 Å². The number of methoxy groups -OCH3 is 1. The smallest absolute Gasteiger partial charge is 0.414 e. The normalized spacial score (nSPS) is 13.7. The summed E-state index contributed by atoms with van der Waals surface area (Å²) in [6, 6.07) is 16.0. The van der Waals surface area contributed by atoms with Crippen molar-refractivity contribution in [3.05, 3.63) is 64.1 Å². The quantitative estimate of drug-likeness (QED) is 0.617. The summed E-state index contributed by atoms with van der Waals surface area (Å²) in [7, 11) is 1.70. The highest BCUT2D eigenvalue weighted by atomic mass is 79.9. The average Bonchev–Trinajstić information content (AvgIpc) is 2.75. The molecule has 1 amide bonds. The molecule has 1 fully saturated rings. The fourth-order valence-electron chi connectivity index (χ4n) is 3.15. The molecule has 0 aromatic heterocycles. The Bertz CT molecular complexity index is 886. The number of benzene rings is 2. The Balaban J connectivity index is 0.000000501. The molecule has 8 nitrogen and oxygen atoms in total. The van der Waals surface area contributed by atoms with E-state index in [-0.39, 0.29) is 5.91 Å². The van der Waals surface area contributed by atoms with Crippen LogP contribution in [0.5, 0.6) is 5.75 Å². The number of piperazine rings is 1. The second-order valence-electron chi connectivity index (χ2n) is 6.89. The SMILES string of the molecule is COc1ccc(Br)cc1CN1CCN(C(=O)Cc2ccccc2)CC1.O=C(O)C(=O)O. The third-order valence-corrected chi connectivity index (χ3v) is 5.24. The molecular formula is C22H25BrN2O6. The van der Waals surface area contributed by atoms with Crippen LogP contribution >= 0.6 is 15.9 Å². The summed E-state index contributed by atoms with van der Waals surface area (Å²) in [5.41, 5.74) is 2.25. The number of amides is 1. The summed E-state index contributed by atoms with van der Waals surface area (Å²) >= 11 is 3.52. The van der Waals surface area contributed by atoms with Crippen molar-refractivity contribution >= 4 is 33.8 Å². The number of ether oxygens (including phenoxy) is 1. The number of nitrogens with zero attached hydrogens (tertiary/aromatic N) is 2. The van der Waals surface area contributed by atoms with Crippen LogP contribution in [0.15, 0.2) is 53.0 Å². The lowest BCUT2D eigenvalue weighted by molar-refractivity contribution is -0.159. The van der Waals surface area contributed by atoms with E-state index >= 15 is 0 Å². The van der Waals surface area contributed by atoms with E-state index in [4.69, 9.17) is 24.5 Å². The first-order valence-electron chi connectivity index (χ1n) is 9.63. The molecule has 0 saturated carbocycles. The Hall–Kier alpha value is -2.91. The molecule has 2 aromatic rings. The van der Waals surface area contributed by atoms with Gasteiger partial charge in [0, 0.05) is 42.8 Å². The predicted octanol–water partition coefficient (Wildman–Crippen LogP) is 2.50. The minimum Gasteiger partial charge on any atom is -0.496 e. The van der Waals surface area contributed by atoms with Crippen molar-refractivity contribution in [2.75, 3.05) is 33.3 Å². The zero-order valence-electron chi connectivity index (χ0n) is 17.2. The molecular weight excluding hydrogens is 468 g/mol. The van der Waals surface area contributed by atoms with E-state index in [2.05, 4.69) is 26.9 Å². The van der Waals surface area contributed by atoms with Crippen molar-refractivity contribution < 1.29 is 29.3 Å². The van der Waals surface area contributed by atoms with Gasteiger partial charge in [-0.15, -0.1) is 0 Å². The van der Waals surface area contributed by atoms with Gasteiger partial charge in [-0.25, -0.2) is 9.59 Å². The minimum absolute atomic E-state index is 0.214. The molecule has 0 aliphatic carbocycles. The molecule has 1 saturated heterocycles. The van der Waals surface area contributed by atoms with Gasteiger partial charge in [-0.2, -0.15) is 0 Å². The molecule has 9 heteroatoms. The molecule has 2 N–H and O–H groups in total. The maximum Gasteiger partial charge on any atom is 0.414 e. The number of hydrogen-bond donors (Lipinski definition) is 2. The van der Waals surface area contributed by atoms with Crippen LogP contribution in [0.2, 0.25) is 0 Å². The van der Waals surface area contributed by atoms with Gasteiger partial charge in [-0.05, 0) is 23.8 Å². The van der Waals surface area contributed by atoms with Gasteiger partial charge >= 0.3 is 11.9 Å². The summed E-state index contributed by atoms with van der Waals surface area (Å²) in [4.78, 5) is 35.0. The van der Waals surface area contributed by atoms with Gasteiger partial charge in [0.25, 0.3) is 0 Å². The summed E-state index contributed by atoms with van der Waals surface area (Å²) in [6.45, 7) is 4.17. The lowest BCUT2D eigenvalue weighted by Crippen LogP contribution is -2.48. The summed E-state index contributed by atoms with van der Waals surface area (Å²) in [6.07, 6.45) is 0.486. The first-order valence-corrected chi connectivity index (χ1v) is 10.4. The molecule has 31 heavy (non-hydrogen) atoms. The third-order valence-electron chi connectivity index (χ3n) is 4.74. The summed E-state index contributed by atoms with van der Waals surface area (Å²) < 4.78 is 6.51. The fourth-order valence-corrected chi connectivity index (χ4v) is 3.56. The average molecular weight is 493 g/mol. The molecule has 0 radical (unpaired) electrons. The predicted molar refractivity (Wildman–Crippen MR) is 118 cm³/mol. The van der Waals surface area contributed by atoms with Crippen molar-refractivity contribution in [3.8, 4) is 5.75 Å². The first-order chi connectivity index (χ1) is 14.8. The summed E-state index contributed by atoms with van der Waals surface area (Å²) in [5, 5.41) is 14.8.